The topological polar surface area (TPSA) is 46.6 Å². The number of benzene rings is 1. The Hall–Kier alpha value is -1.26. The highest BCUT2D eigenvalue weighted by molar-refractivity contribution is 6.35. The Balaban J connectivity index is 2.61. The van der Waals surface area contributed by atoms with Gasteiger partial charge in [0.2, 0.25) is 5.91 Å². The zero-order chi connectivity index (χ0) is 14.6. The normalized spacial score (nSPS) is 11.8. The minimum atomic E-state index is -0.735. The van der Waals surface area contributed by atoms with Gasteiger partial charge in [0.05, 0.1) is 10.9 Å². The summed E-state index contributed by atoms with van der Waals surface area (Å²) in [6, 6.07) is 4.72. The molecule has 0 aliphatic carbocycles. The van der Waals surface area contributed by atoms with Crippen molar-refractivity contribution < 1.29 is 14.3 Å². The van der Waals surface area contributed by atoms with Crippen molar-refractivity contribution in [2.75, 3.05) is 20.7 Å². The zero-order valence-corrected chi connectivity index (χ0v) is 12.5. The van der Waals surface area contributed by atoms with Crippen molar-refractivity contribution in [2.45, 2.75) is 6.92 Å². The molecule has 0 aromatic heterocycles. The molecule has 0 heterocycles. The zero-order valence-electron chi connectivity index (χ0n) is 10.9. The first kappa shape index (κ1) is 15.8. The highest BCUT2D eigenvalue weighted by Crippen LogP contribution is 2.27. The Bertz CT molecular complexity index is 489. The molecule has 1 atom stereocenters. The molecule has 1 aromatic carbocycles. The Morgan fingerprint density at radius 3 is 2.47 bits per heavy atom. The fourth-order valence-electron chi connectivity index (χ4n) is 1.39. The first-order valence-electron chi connectivity index (χ1n) is 5.64. The lowest BCUT2D eigenvalue weighted by Gasteiger charge is -2.16. The quantitative estimate of drug-likeness (QED) is 0.786. The van der Waals surface area contributed by atoms with E-state index in [0.717, 1.165) is 0 Å². The molecule has 4 nitrogen and oxygen atoms in total. The second-order valence-corrected chi connectivity index (χ2v) is 5.13. The van der Waals surface area contributed by atoms with Crippen molar-refractivity contribution in [2.24, 2.45) is 5.92 Å². The number of halogens is 2. The summed E-state index contributed by atoms with van der Waals surface area (Å²) in [4.78, 5) is 24.8. The van der Waals surface area contributed by atoms with Crippen LogP contribution in [0, 0.1) is 5.92 Å². The highest BCUT2D eigenvalue weighted by Gasteiger charge is 2.23. The summed E-state index contributed by atoms with van der Waals surface area (Å²) in [5.74, 6) is -0.925. The number of hydrogen-bond acceptors (Lipinski definition) is 3. The van der Waals surface area contributed by atoms with E-state index in [1.807, 2.05) is 0 Å². The molecular formula is C13H15Cl2NO3. The summed E-state index contributed by atoms with van der Waals surface area (Å²) in [6.07, 6.45) is 0. The van der Waals surface area contributed by atoms with Crippen molar-refractivity contribution in [3.05, 3.63) is 28.2 Å². The van der Waals surface area contributed by atoms with Crippen LogP contribution in [-0.4, -0.2) is 37.3 Å². The van der Waals surface area contributed by atoms with Crippen LogP contribution in [0.1, 0.15) is 6.92 Å². The minimum Gasteiger partial charge on any atom is -0.484 e. The largest absolute Gasteiger partial charge is 0.484 e. The third kappa shape index (κ3) is 4.40. The molecule has 19 heavy (non-hydrogen) atoms. The van der Waals surface area contributed by atoms with Crippen LogP contribution in [0.25, 0.3) is 0 Å². The van der Waals surface area contributed by atoms with Crippen LogP contribution in [0.4, 0.5) is 0 Å². The van der Waals surface area contributed by atoms with Crippen molar-refractivity contribution >= 4 is 34.9 Å². The molecule has 0 spiro atoms. The molecule has 0 N–H and O–H groups in total. The van der Waals surface area contributed by atoms with Crippen LogP contribution in [0.2, 0.25) is 10.0 Å². The van der Waals surface area contributed by atoms with Crippen molar-refractivity contribution in [1.82, 2.24) is 4.90 Å². The lowest BCUT2D eigenvalue weighted by atomic mass is 10.1. The molecule has 0 fully saturated rings. The molecule has 0 saturated heterocycles. The molecule has 1 aromatic rings. The first-order valence-corrected chi connectivity index (χ1v) is 6.40. The molecular weight excluding hydrogens is 289 g/mol. The standard InChI is InChI=1S/C13H15Cl2NO3/c1-8(13(18)16(2)3)11(17)7-19-12-5-4-9(14)6-10(12)15/h4-6,8H,7H2,1-3H3/t8-/m1/s1. The molecule has 0 radical (unpaired) electrons. The number of carbonyl (C=O) groups is 2. The number of carbonyl (C=O) groups excluding carboxylic acids is 2. The molecule has 0 saturated carbocycles. The number of ketones is 1. The average Bonchev–Trinajstić information content (AvgIpc) is 2.35. The molecule has 1 amide bonds. The van der Waals surface area contributed by atoms with E-state index in [-0.39, 0.29) is 18.3 Å². The highest BCUT2D eigenvalue weighted by atomic mass is 35.5. The maximum Gasteiger partial charge on any atom is 0.232 e. The molecule has 0 unspecified atom stereocenters. The SMILES string of the molecule is C[C@H](C(=O)COc1ccc(Cl)cc1Cl)C(=O)N(C)C. The lowest BCUT2D eigenvalue weighted by molar-refractivity contribution is -0.139. The van der Waals surface area contributed by atoms with Gasteiger partial charge in [-0.1, -0.05) is 23.2 Å². The summed E-state index contributed by atoms with van der Waals surface area (Å²) in [7, 11) is 3.20. The van der Waals surface area contributed by atoms with Crippen LogP contribution < -0.4 is 4.74 Å². The van der Waals surface area contributed by atoms with Gasteiger partial charge < -0.3 is 9.64 Å². The Kier molecular flexibility index (Phi) is 5.63. The van der Waals surface area contributed by atoms with Gasteiger partial charge in [0.1, 0.15) is 12.4 Å². The van der Waals surface area contributed by atoms with Crippen LogP contribution in [0.3, 0.4) is 0 Å². The van der Waals surface area contributed by atoms with Gasteiger partial charge in [0.25, 0.3) is 0 Å². The van der Waals surface area contributed by atoms with Gasteiger partial charge in [-0.15, -0.1) is 0 Å². The van der Waals surface area contributed by atoms with E-state index in [1.54, 1.807) is 33.2 Å². The van der Waals surface area contributed by atoms with E-state index < -0.39 is 5.92 Å². The van der Waals surface area contributed by atoms with E-state index >= 15 is 0 Å². The maximum atomic E-state index is 11.8. The average molecular weight is 304 g/mol. The van der Waals surface area contributed by atoms with Gasteiger partial charge in [0, 0.05) is 19.1 Å². The monoisotopic (exact) mass is 303 g/mol. The van der Waals surface area contributed by atoms with Gasteiger partial charge >= 0.3 is 0 Å². The van der Waals surface area contributed by atoms with Gasteiger partial charge in [-0.2, -0.15) is 0 Å². The van der Waals surface area contributed by atoms with Gasteiger partial charge in [-0.25, -0.2) is 0 Å². The van der Waals surface area contributed by atoms with Crippen LogP contribution in [-0.2, 0) is 9.59 Å². The van der Waals surface area contributed by atoms with Crippen molar-refractivity contribution in [1.29, 1.82) is 0 Å². The number of amides is 1. The fourth-order valence-corrected chi connectivity index (χ4v) is 1.85. The smallest absolute Gasteiger partial charge is 0.232 e. The predicted octanol–water partition coefficient (Wildman–Crippen LogP) is 2.67. The summed E-state index contributed by atoms with van der Waals surface area (Å²) in [6.45, 7) is 1.35. The number of rotatable bonds is 5. The van der Waals surface area contributed by atoms with E-state index in [0.29, 0.717) is 15.8 Å². The summed E-state index contributed by atoms with van der Waals surface area (Å²) >= 11 is 11.7. The molecule has 104 valence electrons. The number of hydrogen-bond donors (Lipinski definition) is 0. The summed E-state index contributed by atoms with van der Waals surface area (Å²) in [5, 5.41) is 0.812. The van der Waals surface area contributed by atoms with Gasteiger partial charge in [-0.3, -0.25) is 9.59 Å². The van der Waals surface area contributed by atoms with Crippen LogP contribution in [0.5, 0.6) is 5.75 Å². The van der Waals surface area contributed by atoms with E-state index in [2.05, 4.69) is 0 Å². The summed E-state index contributed by atoms with van der Waals surface area (Å²) < 4.78 is 5.29. The molecule has 0 aliphatic rings. The van der Waals surface area contributed by atoms with Crippen molar-refractivity contribution in [3.63, 3.8) is 0 Å². The van der Waals surface area contributed by atoms with E-state index in [9.17, 15) is 9.59 Å². The number of ether oxygens (including phenoxy) is 1. The Labute approximate surface area is 122 Å². The fraction of sp³-hybridized carbons (Fsp3) is 0.385. The minimum absolute atomic E-state index is 0.206. The number of Topliss-reactive ketones (excluding diaryl/α,β-unsaturated/α-hetero) is 1. The molecule has 6 heteroatoms. The second-order valence-electron chi connectivity index (χ2n) is 4.28. The first-order chi connectivity index (χ1) is 8.82. The Morgan fingerprint density at radius 1 is 1.32 bits per heavy atom. The number of nitrogens with zero attached hydrogens (tertiary/aromatic N) is 1. The lowest BCUT2D eigenvalue weighted by Crippen LogP contribution is -2.34. The third-order valence-corrected chi connectivity index (χ3v) is 3.09. The Morgan fingerprint density at radius 2 is 1.95 bits per heavy atom. The van der Waals surface area contributed by atoms with E-state index in [1.165, 1.54) is 11.0 Å². The van der Waals surface area contributed by atoms with Gasteiger partial charge in [0.15, 0.2) is 5.78 Å². The predicted molar refractivity (Wildman–Crippen MR) is 74.8 cm³/mol. The van der Waals surface area contributed by atoms with Crippen LogP contribution in [0.15, 0.2) is 18.2 Å². The van der Waals surface area contributed by atoms with Crippen molar-refractivity contribution in [3.8, 4) is 5.75 Å². The summed E-state index contributed by atoms with van der Waals surface area (Å²) in [5.41, 5.74) is 0. The molecule has 0 aliphatic heterocycles. The molecule has 1 rings (SSSR count). The maximum absolute atomic E-state index is 11.8. The third-order valence-electron chi connectivity index (χ3n) is 2.56. The second kappa shape index (κ2) is 6.78. The van der Waals surface area contributed by atoms with Crippen LogP contribution >= 0.6 is 23.2 Å². The molecule has 0 bridgehead atoms. The van der Waals surface area contributed by atoms with E-state index in [4.69, 9.17) is 27.9 Å². The van der Waals surface area contributed by atoms with Gasteiger partial charge in [-0.05, 0) is 25.1 Å².